The molecule has 0 aliphatic rings. The normalized spacial score (nSPS) is 12.4. The van der Waals surface area contributed by atoms with Crippen LogP contribution in [-0.2, 0) is 6.54 Å². The summed E-state index contributed by atoms with van der Waals surface area (Å²) in [4.78, 5) is 14.0. The molecule has 5 heteroatoms. The largest absolute Gasteiger partial charge is 0.373 e. The summed E-state index contributed by atoms with van der Waals surface area (Å²) in [6.45, 7) is 8.61. The van der Waals surface area contributed by atoms with Gasteiger partial charge in [0.25, 0.3) is 5.56 Å². The van der Waals surface area contributed by atoms with E-state index in [1.807, 2.05) is 18.9 Å². The van der Waals surface area contributed by atoms with Gasteiger partial charge in [0.1, 0.15) is 0 Å². The van der Waals surface area contributed by atoms with Crippen LogP contribution in [0.1, 0.15) is 27.2 Å². The molecule has 0 radical (unpaired) electrons. The number of likely N-dealkylation sites (N-methyl/N-ethyl adjacent to an activating group) is 1. The van der Waals surface area contributed by atoms with Crippen LogP contribution < -0.4 is 15.8 Å². The van der Waals surface area contributed by atoms with E-state index >= 15 is 0 Å². The van der Waals surface area contributed by atoms with Gasteiger partial charge in [-0.25, -0.2) is 4.68 Å². The highest BCUT2D eigenvalue weighted by Crippen LogP contribution is 2.06. The lowest BCUT2D eigenvalue weighted by Gasteiger charge is -2.18. The Bertz CT molecular complexity index is 416. The van der Waals surface area contributed by atoms with Crippen LogP contribution >= 0.6 is 0 Å². The van der Waals surface area contributed by atoms with Gasteiger partial charge in [0.2, 0.25) is 0 Å². The summed E-state index contributed by atoms with van der Waals surface area (Å²) in [7, 11) is 1.95. The Labute approximate surface area is 109 Å². The lowest BCUT2D eigenvalue weighted by atomic mass is 10.2. The molecule has 0 fully saturated rings. The van der Waals surface area contributed by atoms with Crippen LogP contribution in [0.3, 0.4) is 0 Å². The van der Waals surface area contributed by atoms with Gasteiger partial charge in [-0.1, -0.05) is 13.8 Å². The van der Waals surface area contributed by atoms with Crippen molar-refractivity contribution in [2.75, 3.05) is 25.0 Å². The number of hydrogen-bond donors (Lipinski definition) is 1. The van der Waals surface area contributed by atoms with Crippen LogP contribution in [-0.4, -0.2) is 36.0 Å². The number of aromatic nitrogens is 2. The van der Waals surface area contributed by atoms with E-state index < -0.39 is 0 Å². The number of nitrogens with zero attached hydrogens (tertiary/aromatic N) is 3. The Hall–Kier alpha value is -1.36. The van der Waals surface area contributed by atoms with Crippen molar-refractivity contribution in [1.29, 1.82) is 0 Å². The second kappa shape index (κ2) is 7.16. The minimum atomic E-state index is -0.0378. The number of rotatable bonds is 7. The first-order valence-corrected chi connectivity index (χ1v) is 6.64. The van der Waals surface area contributed by atoms with Crippen LogP contribution in [0, 0.1) is 0 Å². The zero-order valence-electron chi connectivity index (χ0n) is 11.8. The van der Waals surface area contributed by atoms with Crippen molar-refractivity contribution in [2.24, 2.45) is 0 Å². The monoisotopic (exact) mass is 252 g/mol. The van der Waals surface area contributed by atoms with Gasteiger partial charge in [0, 0.05) is 25.7 Å². The van der Waals surface area contributed by atoms with E-state index in [4.69, 9.17) is 0 Å². The van der Waals surface area contributed by atoms with Gasteiger partial charge in [0.05, 0.1) is 18.4 Å². The van der Waals surface area contributed by atoms with Crippen molar-refractivity contribution in [3.8, 4) is 0 Å². The van der Waals surface area contributed by atoms with Gasteiger partial charge in [-0.3, -0.25) is 4.79 Å². The standard InChI is InChI=1S/C13H24N4O/c1-5-11(14-6-2)10-17-13(18)8-12(9-15-17)16(4)7-3/h8-9,11,14H,5-7,10H2,1-4H3. The first-order valence-electron chi connectivity index (χ1n) is 6.64. The summed E-state index contributed by atoms with van der Waals surface area (Å²) in [5.74, 6) is 0. The van der Waals surface area contributed by atoms with Gasteiger partial charge in [-0.2, -0.15) is 5.10 Å². The van der Waals surface area contributed by atoms with E-state index in [1.165, 1.54) is 4.68 Å². The molecule has 0 saturated carbocycles. The highest BCUT2D eigenvalue weighted by atomic mass is 16.1. The molecule has 1 unspecified atom stereocenters. The summed E-state index contributed by atoms with van der Waals surface area (Å²) in [6, 6.07) is 1.95. The Kier molecular flexibility index (Phi) is 5.85. The fourth-order valence-electron chi connectivity index (χ4n) is 1.79. The summed E-state index contributed by atoms with van der Waals surface area (Å²) < 4.78 is 1.53. The maximum atomic E-state index is 12.0. The predicted octanol–water partition coefficient (Wildman–Crippen LogP) is 1.09. The second-order valence-electron chi connectivity index (χ2n) is 4.41. The first-order chi connectivity index (χ1) is 8.62. The molecule has 18 heavy (non-hydrogen) atoms. The molecule has 1 rings (SSSR count). The topological polar surface area (TPSA) is 50.2 Å². The number of anilines is 1. The van der Waals surface area contributed by atoms with E-state index in [2.05, 4.69) is 24.3 Å². The molecule has 0 amide bonds. The third-order valence-electron chi connectivity index (χ3n) is 3.15. The Morgan fingerprint density at radius 2 is 2.17 bits per heavy atom. The number of nitrogens with one attached hydrogen (secondary N) is 1. The van der Waals surface area contributed by atoms with Gasteiger partial charge in [0.15, 0.2) is 0 Å². The van der Waals surface area contributed by atoms with Crippen molar-refractivity contribution in [1.82, 2.24) is 15.1 Å². The molecule has 102 valence electrons. The van der Waals surface area contributed by atoms with Crippen LogP contribution in [0.25, 0.3) is 0 Å². The highest BCUT2D eigenvalue weighted by molar-refractivity contribution is 5.41. The molecule has 0 bridgehead atoms. The summed E-state index contributed by atoms with van der Waals surface area (Å²) >= 11 is 0. The van der Waals surface area contributed by atoms with Crippen LogP contribution in [0.2, 0.25) is 0 Å². The predicted molar refractivity (Wildman–Crippen MR) is 75.2 cm³/mol. The molecule has 1 aromatic rings. The van der Waals surface area contributed by atoms with E-state index in [-0.39, 0.29) is 5.56 Å². The fourth-order valence-corrected chi connectivity index (χ4v) is 1.79. The molecule has 1 atom stereocenters. The summed E-state index contributed by atoms with van der Waals surface area (Å²) in [5.41, 5.74) is 0.833. The van der Waals surface area contributed by atoms with Gasteiger partial charge in [-0.15, -0.1) is 0 Å². The van der Waals surface area contributed by atoms with Crippen molar-refractivity contribution in [2.45, 2.75) is 39.8 Å². The van der Waals surface area contributed by atoms with Crippen molar-refractivity contribution >= 4 is 5.69 Å². The minimum Gasteiger partial charge on any atom is -0.373 e. The minimum absolute atomic E-state index is 0.0378. The first kappa shape index (κ1) is 14.7. The zero-order valence-corrected chi connectivity index (χ0v) is 11.8. The van der Waals surface area contributed by atoms with Gasteiger partial charge in [-0.05, 0) is 19.9 Å². The molecular formula is C13H24N4O. The maximum absolute atomic E-state index is 12.0. The summed E-state index contributed by atoms with van der Waals surface area (Å²) in [5, 5.41) is 7.59. The Morgan fingerprint density at radius 3 is 2.67 bits per heavy atom. The van der Waals surface area contributed by atoms with Gasteiger partial charge >= 0.3 is 0 Å². The Balaban J connectivity index is 2.82. The summed E-state index contributed by atoms with van der Waals surface area (Å²) in [6.07, 6.45) is 2.74. The van der Waals surface area contributed by atoms with E-state index in [9.17, 15) is 4.79 Å². The average molecular weight is 252 g/mol. The van der Waals surface area contributed by atoms with Crippen molar-refractivity contribution in [3.63, 3.8) is 0 Å². The van der Waals surface area contributed by atoms with Crippen molar-refractivity contribution in [3.05, 3.63) is 22.6 Å². The second-order valence-corrected chi connectivity index (χ2v) is 4.41. The molecular weight excluding hydrogens is 228 g/mol. The third-order valence-corrected chi connectivity index (χ3v) is 3.15. The molecule has 5 nitrogen and oxygen atoms in total. The zero-order chi connectivity index (χ0) is 13.5. The van der Waals surface area contributed by atoms with Crippen LogP contribution in [0.15, 0.2) is 17.1 Å². The third kappa shape index (κ3) is 3.84. The molecule has 1 heterocycles. The highest BCUT2D eigenvalue weighted by Gasteiger charge is 2.08. The SMILES string of the molecule is CCNC(CC)Cn1ncc(N(C)CC)cc1=O. The molecule has 0 aromatic carbocycles. The molecule has 1 N–H and O–H groups in total. The molecule has 0 spiro atoms. The smallest absolute Gasteiger partial charge is 0.268 e. The van der Waals surface area contributed by atoms with Crippen molar-refractivity contribution < 1.29 is 0 Å². The molecule has 0 aliphatic carbocycles. The van der Waals surface area contributed by atoms with Gasteiger partial charge < -0.3 is 10.2 Å². The lowest BCUT2D eigenvalue weighted by Crippen LogP contribution is -2.37. The lowest BCUT2D eigenvalue weighted by molar-refractivity contribution is 0.413. The maximum Gasteiger partial charge on any atom is 0.268 e. The van der Waals surface area contributed by atoms with E-state index in [0.717, 1.165) is 25.2 Å². The van der Waals surface area contributed by atoms with Crippen LogP contribution in [0.4, 0.5) is 5.69 Å². The quantitative estimate of drug-likeness (QED) is 0.789. The molecule has 1 aromatic heterocycles. The molecule has 0 aliphatic heterocycles. The average Bonchev–Trinajstić information content (AvgIpc) is 2.39. The van der Waals surface area contributed by atoms with E-state index in [1.54, 1.807) is 12.3 Å². The number of hydrogen-bond acceptors (Lipinski definition) is 4. The fraction of sp³-hybridized carbons (Fsp3) is 0.692. The van der Waals surface area contributed by atoms with E-state index in [0.29, 0.717) is 12.6 Å². The van der Waals surface area contributed by atoms with Crippen LogP contribution in [0.5, 0.6) is 0 Å². The molecule has 0 saturated heterocycles. The Morgan fingerprint density at radius 1 is 1.44 bits per heavy atom.